The molecule has 368 valence electrons. The molecule has 0 aliphatic rings. The molecule has 0 atom stereocenters. The van der Waals surface area contributed by atoms with Crippen LogP contribution in [0.5, 0.6) is 0 Å². The summed E-state index contributed by atoms with van der Waals surface area (Å²) in [6.45, 7) is 0. The van der Waals surface area contributed by atoms with Gasteiger partial charge in [-0.2, -0.15) is 0 Å². The zero-order chi connectivity index (χ0) is 51.7. The molecule has 13 aromatic carbocycles. The number of anilines is 6. The standard InChI is InChI=1S/C74H45N3O2/c1-3-16-46(17-4-1)48-20-11-22-54(38-48)75(66-30-14-28-62-58-24-7-9-32-70(58)78-73(62)66)56-36-34-50-42-64-60-26-13-27-61-65-43-51-35-37-57(41-53(51)45-69(65)77(72(60)61)68(64)44-52(50)40-56)76(55-23-12-21-49(39-55)47-18-5-2-6-19-47)67-31-15-29-63-59-25-8-10-33-71(59)79-74(63)67/h1-45H. The van der Waals surface area contributed by atoms with E-state index >= 15 is 0 Å². The van der Waals surface area contributed by atoms with Crippen LogP contribution in [-0.2, 0) is 0 Å². The van der Waals surface area contributed by atoms with E-state index in [1.807, 2.05) is 12.1 Å². The molecule has 17 aromatic rings. The second-order valence-corrected chi connectivity index (χ2v) is 20.8. The van der Waals surface area contributed by atoms with Crippen molar-refractivity contribution in [1.82, 2.24) is 4.40 Å². The first-order chi connectivity index (χ1) is 39.1. The molecule has 0 spiro atoms. The van der Waals surface area contributed by atoms with Crippen LogP contribution < -0.4 is 9.80 Å². The Bertz CT molecular complexity index is 4960. The third-order valence-corrected chi connectivity index (χ3v) is 16.4. The number of rotatable bonds is 8. The molecule has 79 heavy (non-hydrogen) atoms. The highest BCUT2D eigenvalue weighted by molar-refractivity contribution is 6.26. The van der Waals surface area contributed by atoms with Gasteiger partial charge in [-0.05, 0) is 141 Å². The van der Waals surface area contributed by atoms with Crippen molar-refractivity contribution in [3.8, 4) is 22.3 Å². The predicted molar refractivity (Wildman–Crippen MR) is 331 cm³/mol. The first-order valence-electron chi connectivity index (χ1n) is 27.0. The summed E-state index contributed by atoms with van der Waals surface area (Å²) in [4.78, 5) is 4.73. The molecule has 4 heterocycles. The summed E-state index contributed by atoms with van der Waals surface area (Å²) < 4.78 is 16.0. The van der Waals surface area contributed by atoms with E-state index in [1.54, 1.807) is 0 Å². The predicted octanol–water partition coefficient (Wildman–Crippen LogP) is 21.2. The molecule has 0 aliphatic heterocycles. The normalized spacial score (nSPS) is 12.1. The van der Waals surface area contributed by atoms with Gasteiger partial charge in [0.05, 0.1) is 27.9 Å². The Hall–Kier alpha value is -10.6. The molecule has 5 heteroatoms. The highest BCUT2D eigenvalue weighted by Gasteiger charge is 2.24. The molecule has 0 N–H and O–H groups in total. The molecule has 4 aromatic heterocycles. The molecule has 0 unspecified atom stereocenters. The Morgan fingerprint density at radius 3 is 1.14 bits per heavy atom. The maximum atomic E-state index is 6.76. The van der Waals surface area contributed by atoms with Crippen LogP contribution in [0.3, 0.4) is 0 Å². The lowest BCUT2D eigenvalue weighted by atomic mass is 10.0. The third kappa shape index (κ3) is 6.70. The summed E-state index contributed by atoms with van der Waals surface area (Å²) in [6.07, 6.45) is 0. The van der Waals surface area contributed by atoms with Gasteiger partial charge in [0.2, 0.25) is 0 Å². The largest absolute Gasteiger partial charge is 0.454 e. The minimum Gasteiger partial charge on any atom is -0.454 e. The number of fused-ring (bicyclic) bond motifs is 14. The number of nitrogens with zero attached hydrogens (tertiary/aromatic N) is 3. The molecular weight excluding hydrogens is 963 g/mol. The lowest BCUT2D eigenvalue weighted by Crippen LogP contribution is -2.10. The topological polar surface area (TPSA) is 37.2 Å². The van der Waals surface area contributed by atoms with Crippen molar-refractivity contribution < 1.29 is 8.83 Å². The van der Waals surface area contributed by atoms with E-state index in [4.69, 9.17) is 8.83 Å². The van der Waals surface area contributed by atoms with Crippen LogP contribution in [0.1, 0.15) is 0 Å². The van der Waals surface area contributed by atoms with Gasteiger partial charge in [-0.1, -0.05) is 176 Å². The van der Waals surface area contributed by atoms with E-state index in [0.717, 1.165) is 99.9 Å². The first kappa shape index (κ1) is 43.6. The second kappa shape index (κ2) is 16.9. The third-order valence-electron chi connectivity index (χ3n) is 16.4. The number of aromatic nitrogens is 1. The molecular formula is C74H45N3O2. The fourth-order valence-electron chi connectivity index (χ4n) is 12.8. The molecule has 0 saturated carbocycles. The van der Waals surface area contributed by atoms with Crippen molar-refractivity contribution >= 4 is 138 Å². The van der Waals surface area contributed by atoms with Gasteiger partial charge in [0.25, 0.3) is 0 Å². The van der Waals surface area contributed by atoms with Gasteiger partial charge in [0.1, 0.15) is 11.2 Å². The number of benzene rings is 13. The molecule has 0 bridgehead atoms. The minimum atomic E-state index is 0.852. The van der Waals surface area contributed by atoms with E-state index in [0.29, 0.717) is 0 Å². The Morgan fingerprint density at radius 2 is 0.646 bits per heavy atom. The van der Waals surface area contributed by atoms with Crippen LogP contribution in [0.2, 0.25) is 0 Å². The fourth-order valence-corrected chi connectivity index (χ4v) is 12.8. The average molecular weight is 1010 g/mol. The Morgan fingerprint density at radius 1 is 0.253 bits per heavy atom. The monoisotopic (exact) mass is 1010 g/mol. The maximum Gasteiger partial charge on any atom is 0.159 e. The summed E-state index contributed by atoms with van der Waals surface area (Å²) in [5.74, 6) is 0. The minimum absolute atomic E-state index is 0.852. The van der Waals surface area contributed by atoms with E-state index in [2.05, 4.69) is 275 Å². The van der Waals surface area contributed by atoms with Gasteiger partial charge < -0.3 is 23.0 Å². The van der Waals surface area contributed by atoms with Crippen LogP contribution >= 0.6 is 0 Å². The number of para-hydroxylation sites is 5. The summed E-state index contributed by atoms with van der Waals surface area (Å²) in [7, 11) is 0. The van der Waals surface area contributed by atoms with E-state index in [9.17, 15) is 0 Å². The highest BCUT2D eigenvalue weighted by atomic mass is 16.3. The zero-order valence-electron chi connectivity index (χ0n) is 42.6. The highest BCUT2D eigenvalue weighted by Crippen LogP contribution is 2.48. The van der Waals surface area contributed by atoms with Gasteiger partial charge >= 0.3 is 0 Å². The lowest BCUT2D eigenvalue weighted by Gasteiger charge is -2.26. The van der Waals surface area contributed by atoms with Crippen LogP contribution in [-0.4, -0.2) is 4.40 Å². The van der Waals surface area contributed by atoms with Crippen molar-refractivity contribution in [3.63, 3.8) is 0 Å². The van der Waals surface area contributed by atoms with Crippen LogP contribution in [0.25, 0.3) is 126 Å². The van der Waals surface area contributed by atoms with Gasteiger partial charge in [-0.15, -0.1) is 0 Å². The fraction of sp³-hybridized carbons (Fsp3) is 0. The summed E-state index contributed by atoms with van der Waals surface area (Å²) >= 11 is 0. The van der Waals surface area contributed by atoms with E-state index in [-0.39, 0.29) is 0 Å². The Kier molecular flexibility index (Phi) is 9.35. The van der Waals surface area contributed by atoms with Crippen LogP contribution in [0.15, 0.2) is 282 Å². The van der Waals surface area contributed by atoms with Crippen molar-refractivity contribution in [2.24, 2.45) is 0 Å². The van der Waals surface area contributed by atoms with Gasteiger partial charge in [0.15, 0.2) is 11.2 Å². The SMILES string of the molecule is c1ccc(-c2cccc(N(c3ccc4cc5c6cccc7c8cc9ccc(N(c%10cccc(-c%11ccccc%11)c%10)c%10cccc%11c%10oc%10ccccc%10%11)cc9cc8n(c5cc4c3)c67)c3cccc4c3oc3ccccc34)c2)cc1. The molecule has 17 rings (SSSR count). The summed E-state index contributed by atoms with van der Waals surface area (Å²) in [5, 5.41) is 14.0. The second-order valence-electron chi connectivity index (χ2n) is 20.8. The number of hydrogen-bond acceptors (Lipinski definition) is 4. The molecule has 0 amide bonds. The Labute approximate surface area is 453 Å². The molecule has 0 fully saturated rings. The summed E-state index contributed by atoms with van der Waals surface area (Å²) in [6, 6.07) is 98.8. The zero-order valence-corrected chi connectivity index (χ0v) is 42.6. The maximum absolute atomic E-state index is 6.76. The van der Waals surface area contributed by atoms with Crippen LogP contribution in [0.4, 0.5) is 34.1 Å². The lowest BCUT2D eigenvalue weighted by molar-refractivity contribution is 0.668. The number of furan rings is 2. The van der Waals surface area contributed by atoms with Crippen LogP contribution in [0, 0.1) is 0 Å². The van der Waals surface area contributed by atoms with E-state index < -0.39 is 0 Å². The first-order valence-corrected chi connectivity index (χ1v) is 27.0. The molecule has 0 saturated heterocycles. The number of hydrogen-bond donors (Lipinski definition) is 0. The van der Waals surface area contributed by atoms with E-state index in [1.165, 1.54) is 60.0 Å². The van der Waals surface area contributed by atoms with Crippen molar-refractivity contribution in [2.45, 2.75) is 0 Å². The molecule has 5 nitrogen and oxygen atoms in total. The molecule has 0 aliphatic carbocycles. The average Bonchev–Trinajstić information content (AvgIpc) is 3.78. The Balaban J connectivity index is 0.863. The van der Waals surface area contributed by atoms with Gasteiger partial charge in [-0.25, -0.2) is 0 Å². The van der Waals surface area contributed by atoms with Crippen molar-refractivity contribution in [1.29, 1.82) is 0 Å². The smallest absolute Gasteiger partial charge is 0.159 e. The van der Waals surface area contributed by atoms with Gasteiger partial charge in [0, 0.05) is 65.8 Å². The van der Waals surface area contributed by atoms with Gasteiger partial charge in [-0.3, -0.25) is 0 Å². The van der Waals surface area contributed by atoms with Crippen molar-refractivity contribution in [2.75, 3.05) is 9.80 Å². The summed E-state index contributed by atoms with van der Waals surface area (Å²) in [5.41, 5.74) is 17.8. The molecule has 0 radical (unpaired) electrons. The van der Waals surface area contributed by atoms with Crippen molar-refractivity contribution in [3.05, 3.63) is 273 Å². The quantitative estimate of drug-likeness (QED) is 0.152.